The van der Waals surface area contributed by atoms with Gasteiger partial charge >= 0.3 is 0 Å². The molecule has 3 aromatic carbocycles. The van der Waals surface area contributed by atoms with Gasteiger partial charge in [0.2, 0.25) is 47.1 Å². The standard InChI is InChI=1S/C100H140F2N10O23/c1-8-19-92-134-86-62-75-76-61-78(101)77-60-73(113)35-38-97(77,6)99(76,102)84(115)63-98(75,7)100(86,135-92)85(116)65-132-74-31-29-72(30-32-74)106-95(122)68(5)59-82(114)93(67(3)4)108-96(123)79(23-17-18-40-104-90(120)66-133-83-26-12-10-11-25-81-94(83)109-110-112(81)42-46-127-50-54-131-58-56-128-51-47-124-43-36-88(118)103-39-9-2)107-89(119)37-44-125-48-52-129-55-57-130-53-49-126-45-41-105-87(117)33-34-91(121)111-64-71-22-14-13-20-69(71)27-28-70-21-15-16-24-80(70)111/h13-16,20-22,24,29-32,35,38,60,67-68,75-76,78-79,83-84,86,92-93,109-110,115H,8-12,17-19,23,25-26,33-34,36-37,39-59,61-66H2,1-7H3,(H,103,118)(H,104,120)(H,105,117)(H,106,122)(H,107,119)(H,108,123)/t68-,75+,76+,78+,79-,83?,84+,86-,92?,93+,97+,98+,99+,100-/m1/s1. The number of nitrogens with zero attached hydrogens (tertiary/aromatic N) is 2. The Labute approximate surface area is 790 Å². The Hall–Kier alpha value is -9.52. The molecule has 11 rings (SSSR count). The molecule has 33 nitrogen and oxygen atoms in total. The molecule has 9 N–H and O–H groups in total. The highest BCUT2D eigenvalue weighted by atomic mass is 19.1. The van der Waals surface area contributed by atoms with Gasteiger partial charge in [-0.25, -0.2) is 8.78 Å². The van der Waals surface area contributed by atoms with Crippen molar-refractivity contribution >= 4 is 70.1 Å². The number of allylic oxidation sites excluding steroid dienone is 5. The van der Waals surface area contributed by atoms with Crippen LogP contribution in [0, 0.1) is 46.3 Å². The number of ketones is 3. The van der Waals surface area contributed by atoms with Gasteiger partial charge in [0.1, 0.15) is 37.3 Å². The predicted octanol–water partition coefficient (Wildman–Crippen LogP) is 8.46. The molecule has 35 heteroatoms. The fraction of sp³-hybridized carbons (Fsp3) is 0.640. The van der Waals surface area contributed by atoms with Crippen LogP contribution in [-0.2, 0) is 107 Å². The second-order valence-electron chi connectivity index (χ2n) is 36.4. The minimum absolute atomic E-state index is 0.00486. The van der Waals surface area contributed by atoms with Crippen molar-refractivity contribution in [3.63, 3.8) is 0 Å². The molecule has 0 spiro atoms. The molecule has 7 amide bonds. The Morgan fingerprint density at radius 2 is 1.28 bits per heavy atom. The number of nitrogens with one attached hydrogen (secondary N) is 8. The maximum atomic E-state index is 18.1. The predicted molar refractivity (Wildman–Crippen MR) is 496 cm³/mol. The summed E-state index contributed by atoms with van der Waals surface area (Å²) < 4.78 is 105. The summed E-state index contributed by atoms with van der Waals surface area (Å²) in [6.07, 6.45) is 5.28. The number of aliphatic hydroxyl groups excluding tert-OH is 1. The number of anilines is 2. The lowest BCUT2D eigenvalue weighted by molar-refractivity contribution is -0.234. The van der Waals surface area contributed by atoms with Crippen molar-refractivity contribution in [2.45, 2.75) is 231 Å². The maximum Gasteiger partial charge on any atom is 0.246 e. The van der Waals surface area contributed by atoms with E-state index in [-0.39, 0.29) is 165 Å². The Bertz CT molecular complexity index is 4630. The molecule has 1 saturated heterocycles. The molecule has 742 valence electrons. The summed E-state index contributed by atoms with van der Waals surface area (Å²) in [5.74, 6) is -0.239. The average molecular weight is 1890 g/mol. The van der Waals surface area contributed by atoms with Crippen LogP contribution >= 0.6 is 0 Å². The van der Waals surface area contributed by atoms with E-state index in [1.54, 1.807) is 56.9 Å². The lowest BCUT2D eigenvalue weighted by Crippen LogP contribution is -2.71. The van der Waals surface area contributed by atoms with Crippen molar-refractivity contribution in [3.05, 3.63) is 125 Å². The molecule has 3 aliphatic heterocycles. The van der Waals surface area contributed by atoms with Crippen LogP contribution in [0.2, 0.25) is 0 Å². The van der Waals surface area contributed by atoms with Gasteiger partial charge in [-0.1, -0.05) is 109 Å². The summed E-state index contributed by atoms with van der Waals surface area (Å²) in [4.78, 5) is 137. The van der Waals surface area contributed by atoms with E-state index in [9.17, 15) is 53.1 Å². The van der Waals surface area contributed by atoms with E-state index >= 15 is 8.78 Å². The zero-order chi connectivity index (χ0) is 96.3. The van der Waals surface area contributed by atoms with Gasteiger partial charge in [0, 0.05) is 91.2 Å². The zero-order valence-corrected chi connectivity index (χ0v) is 79.3. The number of hydrogen-bond donors (Lipinski definition) is 9. The molecule has 0 aromatic heterocycles. The molecule has 3 aromatic rings. The second kappa shape index (κ2) is 52.9. The zero-order valence-electron chi connectivity index (χ0n) is 79.3. The maximum absolute atomic E-state index is 18.1. The molecule has 5 aliphatic carbocycles. The summed E-state index contributed by atoms with van der Waals surface area (Å²) >= 11 is 0. The number of fused-ring (bicyclic) bond motifs is 9. The average Bonchev–Trinajstić information content (AvgIpc) is 1.41. The molecule has 135 heavy (non-hydrogen) atoms. The van der Waals surface area contributed by atoms with Crippen LogP contribution in [0.1, 0.15) is 187 Å². The number of rotatable bonds is 58. The van der Waals surface area contributed by atoms with Crippen LogP contribution in [0.5, 0.6) is 5.75 Å². The van der Waals surface area contributed by atoms with E-state index in [0.717, 1.165) is 66.3 Å². The highest BCUT2D eigenvalue weighted by Gasteiger charge is 2.80. The largest absolute Gasteiger partial charge is 0.486 e. The smallest absolute Gasteiger partial charge is 0.246 e. The Kier molecular flexibility index (Phi) is 41.5. The van der Waals surface area contributed by atoms with E-state index in [0.29, 0.717) is 122 Å². The van der Waals surface area contributed by atoms with Gasteiger partial charge in [0.15, 0.2) is 29.1 Å². The number of unbranched alkanes of at least 4 members (excludes halogenated alkanes) is 1. The van der Waals surface area contributed by atoms with Crippen molar-refractivity contribution in [2.75, 3.05) is 155 Å². The number of Topliss-reactive ketones (excluding diaryl/α,β-unsaturated/α-hetero) is 2. The molecule has 4 fully saturated rings. The first kappa shape index (κ1) is 106. The van der Waals surface area contributed by atoms with E-state index in [4.69, 9.17) is 56.8 Å². The Morgan fingerprint density at radius 3 is 1.97 bits per heavy atom. The van der Waals surface area contributed by atoms with Crippen molar-refractivity contribution in [1.29, 1.82) is 0 Å². The van der Waals surface area contributed by atoms with Gasteiger partial charge in [-0.3, -0.25) is 53.0 Å². The quantitative estimate of drug-likeness (QED) is 0.0189. The third kappa shape index (κ3) is 28.6. The molecule has 14 atom stereocenters. The van der Waals surface area contributed by atoms with Gasteiger partial charge in [-0.2, -0.15) is 0 Å². The Morgan fingerprint density at radius 1 is 0.652 bits per heavy atom. The van der Waals surface area contributed by atoms with Crippen LogP contribution in [0.25, 0.3) is 0 Å². The number of amides is 7. The van der Waals surface area contributed by atoms with Gasteiger partial charge in [-0.15, -0.1) is 5.53 Å². The number of hydrogen-bond acceptors (Lipinski definition) is 26. The number of alkyl halides is 2. The number of benzene rings is 3. The number of carbonyl (C=O) groups is 10. The monoisotopic (exact) mass is 1890 g/mol. The molecule has 2 unspecified atom stereocenters. The Balaban J connectivity index is 0.604. The highest BCUT2D eigenvalue weighted by molar-refractivity contribution is 6.02. The molecular formula is C100H140F2N10O23. The van der Waals surface area contributed by atoms with Crippen molar-refractivity contribution in [1.82, 2.24) is 42.6 Å². The summed E-state index contributed by atoms with van der Waals surface area (Å²) in [5, 5.41) is 31.2. The van der Waals surface area contributed by atoms with Crippen LogP contribution in [-0.4, -0.2) is 268 Å². The summed E-state index contributed by atoms with van der Waals surface area (Å²) in [6.45, 7) is 18.5. The molecular weight excluding hydrogens is 1750 g/mol. The topological polar surface area (TPSA) is 404 Å². The third-order valence-electron chi connectivity index (χ3n) is 26.6. The number of para-hydroxylation sites is 1. The first-order valence-electron chi connectivity index (χ1n) is 48.3. The second-order valence-corrected chi connectivity index (χ2v) is 36.4. The molecule has 8 aliphatic rings. The third-order valence-corrected chi connectivity index (χ3v) is 26.6. The lowest BCUT2D eigenvalue weighted by atomic mass is 9.44. The molecule has 0 bridgehead atoms. The van der Waals surface area contributed by atoms with Gasteiger partial charge in [0.25, 0.3) is 0 Å². The van der Waals surface area contributed by atoms with Gasteiger partial charge < -0.3 is 104 Å². The van der Waals surface area contributed by atoms with E-state index in [1.807, 2.05) is 67.4 Å². The molecule has 3 saturated carbocycles. The number of ether oxygens (including phenoxy) is 12. The van der Waals surface area contributed by atoms with Crippen molar-refractivity contribution < 1.29 is 119 Å². The normalized spacial score (nSPS) is 24.2. The lowest BCUT2D eigenvalue weighted by Gasteiger charge is -2.63. The number of aliphatic hydroxyl groups is 1. The van der Waals surface area contributed by atoms with Crippen molar-refractivity contribution in [2.24, 2.45) is 34.5 Å². The first-order valence-corrected chi connectivity index (χ1v) is 48.3. The summed E-state index contributed by atoms with van der Waals surface area (Å²) in [5.41, 5.74) is 5.10. The van der Waals surface area contributed by atoms with Crippen LogP contribution in [0.3, 0.4) is 0 Å². The van der Waals surface area contributed by atoms with Crippen LogP contribution in [0.15, 0.2) is 108 Å². The van der Waals surface area contributed by atoms with Gasteiger partial charge in [0.05, 0.1) is 154 Å². The first-order chi connectivity index (χ1) is 65.2. The number of halogens is 2. The van der Waals surface area contributed by atoms with E-state index < -0.39 is 124 Å². The van der Waals surface area contributed by atoms with Crippen LogP contribution in [0.4, 0.5) is 20.2 Å². The van der Waals surface area contributed by atoms with E-state index in [2.05, 4.69) is 54.7 Å². The minimum atomic E-state index is -2.38. The van der Waals surface area contributed by atoms with Gasteiger partial charge in [-0.05, 0) is 155 Å². The summed E-state index contributed by atoms with van der Waals surface area (Å²) in [7, 11) is 0. The molecule has 3 heterocycles. The fourth-order valence-corrected chi connectivity index (χ4v) is 19.4. The highest BCUT2D eigenvalue weighted by Crippen LogP contribution is 2.72. The summed E-state index contributed by atoms with van der Waals surface area (Å²) in [6, 6.07) is 19.2. The number of hydrazine groups is 2. The number of carbonyl (C=O) groups excluding carboxylic acids is 10. The van der Waals surface area contributed by atoms with E-state index in [1.165, 1.54) is 19.1 Å². The SMILES string of the molecule is CCCNC(=O)CCOCCOCCOCCOCCN1NNC2=C1CCCCCC2OCC(=O)NCCCC[C@@H](NC(=O)CCOCCOCCOCCOCCNC(=O)CCC(=O)N1Cc2ccccc2C#Cc2ccccc21)C(=O)N[C@H](C(=O)C[C@@H](C)C(=O)Nc1ccc(OCC(=O)[C@@]23OC(CCC)O[C@@H]2C[C@H]2[C@@H]4C[C@H](F)C5=CC(=O)C=C[C@]5(C)[C@@]4(F)[C@@H](O)C[C@@]23C)cc1)C(C)C. The molecule has 0 radical (unpaired) electrons. The van der Waals surface area contributed by atoms with Crippen molar-refractivity contribution in [3.8, 4) is 17.6 Å². The van der Waals surface area contributed by atoms with Crippen LogP contribution < -0.4 is 52.5 Å². The fourth-order valence-electron chi connectivity index (χ4n) is 19.4. The minimum Gasteiger partial charge on any atom is -0.486 e.